The second-order valence-electron chi connectivity index (χ2n) is 6.36. The summed E-state index contributed by atoms with van der Waals surface area (Å²) in [6.07, 6.45) is 6.35. The van der Waals surface area contributed by atoms with Crippen molar-refractivity contribution in [2.24, 2.45) is 0 Å². The third kappa shape index (κ3) is 3.33. The lowest BCUT2D eigenvalue weighted by Gasteiger charge is -2.29. The zero-order valence-corrected chi connectivity index (χ0v) is 14.5. The predicted octanol–water partition coefficient (Wildman–Crippen LogP) is 3.18. The van der Waals surface area contributed by atoms with Gasteiger partial charge in [-0.25, -0.2) is 0 Å². The summed E-state index contributed by atoms with van der Waals surface area (Å²) in [7, 11) is 0. The van der Waals surface area contributed by atoms with Crippen LogP contribution in [0.2, 0.25) is 0 Å². The first-order valence-electron chi connectivity index (χ1n) is 8.42. The Morgan fingerprint density at radius 3 is 2.84 bits per heavy atom. The average Bonchev–Trinajstić information content (AvgIpc) is 3.08. The number of carbonyl (C=O) groups is 2. The van der Waals surface area contributed by atoms with E-state index in [0.717, 1.165) is 24.1 Å². The number of hydrogen-bond acceptors (Lipinski definition) is 3. The molecule has 1 N–H and O–H groups in total. The first-order chi connectivity index (χ1) is 12.0. The highest BCUT2D eigenvalue weighted by Crippen LogP contribution is 2.30. The maximum Gasteiger partial charge on any atom is 0.256 e. The molecule has 25 heavy (non-hydrogen) atoms. The SMILES string of the molecule is C=CC(=O)N1CCCc2c(C(=O)Nc3cnn(C(C)C)c3)cccc21. The van der Waals surface area contributed by atoms with E-state index >= 15 is 0 Å². The van der Waals surface area contributed by atoms with Crippen LogP contribution in [-0.4, -0.2) is 28.1 Å². The average molecular weight is 338 g/mol. The summed E-state index contributed by atoms with van der Waals surface area (Å²) in [5.41, 5.74) is 2.95. The van der Waals surface area contributed by atoms with Gasteiger partial charge in [-0.15, -0.1) is 0 Å². The summed E-state index contributed by atoms with van der Waals surface area (Å²) >= 11 is 0. The molecule has 0 saturated carbocycles. The molecule has 1 aromatic heterocycles. The van der Waals surface area contributed by atoms with Crippen molar-refractivity contribution in [3.05, 3.63) is 54.4 Å². The van der Waals surface area contributed by atoms with Crippen molar-refractivity contribution < 1.29 is 9.59 Å². The minimum atomic E-state index is -0.187. The lowest BCUT2D eigenvalue weighted by Crippen LogP contribution is -2.35. The number of rotatable bonds is 4. The molecule has 0 bridgehead atoms. The van der Waals surface area contributed by atoms with E-state index in [9.17, 15) is 9.59 Å². The Labute approximate surface area is 147 Å². The maximum absolute atomic E-state index is 12.7. The molecule has 0 aliphatic carbocycles. The molecule has 1 aliphatic rings. The van der Waals surface area contributed by atoms with Gasteiger partial charge in [-0.2, -0.15) is 5.10 Å². The van der Waals surface area contributed by atoms with E-state index in [1.54, 1.807) is 27.9 Å². The summed E-state index contributed by atoms with van der Waals surface area (Å²) in [6, 6.07) is 5.71. The van der Waals surface area contributed by atoms with Crippen molar-refractivity contribution in [2.75, 3.05) is 16.8 Å². The molecule has 3 rings (SSSR count). The summed E-state index contributed by atoms with van der Waals surface area (Å²) in [4.78, 5) is 26.5. The normalized spacial score (nSPS) is 13.5. The minimum absolute atomic E-state index is 0.142. The molecular formula is C19H22N4O2. The Bertz CT molecular complexity index is 823. The van der Waals surface area contributed by atoms with E-state index in [-0.39, 0.29) is 17.9 Å². The monoisotopic (exact) mass is 338 g/mol. The number of nitrogens with zero attached hydrogens (tertiary/aromatic N) is 3. The second-order valence-corrected chi connectivity index (χ2v) is 6.36. The highest BCUT2D eigenvalue weighted by molar-refractivity contribution is 6.08. The smallest absolute Gasteiger partial charge is 0.256 e. The van der Waals surface area contributed by atoms with Crippen LogP contribution in [0.5, 0.6) is 0 Å². The van der Waals surface area contributed by atoms with Crippen LogP contribution in [0.15, 0.2) is 43.2 Å². The molecule has 0 saturated heterocycles. The quantitative estimate of drug-likeness (QED) is 0.871. The maximum atomic E-state index is 12.7. The van der Waals surface area contributed by atoms with Gasteiger partial charge in [0.25, 0.3) is 5.91 Å². The highest BCUT2D eigenvalue weighted by Gasteiger charge is 2.25. The van der Waals surface area contributed by atoms with E-state index in [1.807, 2.05) is 26.1 Å². The van der Waals surface area contributed by atoms with Gasteiger partial charge in [0.1, 0.15) is 0 Å². The molecule has 2 amide bonds. The molecule has 0 atom stereocenters. The van der Waals surface area contributed by atoms with Crippen molar-refractivity contribution in [2.45, 2.75) is 32.7 Å². The van der Waals surface area contributed by atoms with Gasteiger partial charge in [-0.3, -0.25) is 14.3 Å². The van der Waals surface area contributed by atoms with Gasteiger partial charge in [0.15, 0.2) is 0 Å². The summed E-state index contributed by atoms with van der Waals surface area (Å²) < 4.78 is 1.79. The van der Waals surface area contributed by atoms with Crippen LogP contribution in [0.3, 0.4) is 0 Å². The molecule has 1 aromatic carbocycles. The lowest BCUT2D eigenvalue weighted by molar-refractivity contribution is -0.114. The van der Waals surface area contributed by atoms with Gasteiger partial charge in [-0.05, 0) is 50.5 Å². The number of amides is 2. The second kappa shape index (κ2) is 6.93. The number of anilines is 2. The third-order valence-electron chi connectivity index (χ3n) is 4.32. The van der Waals surface area contributed by atoms with Gasteiger partial charge in [-0.1, -0.05) is 12.6 Å². The van der Waals surface area contributed by atoms with Gasteiger partial charge < -0.3 is 10.2 Å². The van der Waals surface area contributed by atoms with Crippen LogP contribution in [-0.2, 0) is 11.2 Å². The topological polar surface area (TPSA) is 67.2 Å². The molecule has 6 heteroatoms. The van der Waals surface area contributed by atoms with Crippen molar-refractivity contribution in [3.8, 4) is 0 Å². The van der Waals surface area contributed by atoms with Crippen molar-refractivity contribution in [1.29, 1.82) is 0 Å². The fraction of sp³-hybridized carbons (Fsp3) is 0.316. The third-order valence-corrected chi connectivity index (χ3v) is 4.32. The van der Waals surface area contributed by atoms with Crippen molar-refractivity contribution >= 4 is 23.2 Å². The molecule has 1 aliphatic heterocycles. The van der Waals surface area contributed by atoms with E-state index in [4.69, 9.17) is 0 Å². The van der Waals surface area contributed by atoms with Gasteiger partial charge >= 0.3 is 0 Å². The van der Waals surface area contributed by atoms with Gasteiger partial charge in [0, 0.05) is 30.0 Å². The van der Waals surface area contributed by atoms with E-state index in [1.165, 1.54) is 6.08 Å². The van der Waals surface area contributed by atoms with Crippen LogP contribution < -0.4 is 10.2 Å². The molecular weight excluding hydrogens is 316 g/mol. The number of nitrogens with one attached hydrogen (secondary N) is 1. The number of hydrogen-bond donors (Lipinski definition) is 1. The number of fused-ring (bicyclic) bond motifs is 1. The predicted molar refractivity (Wildman–Crippen MR) is 97.9 cm³/mol. The lowest BCUT2D eigenvalue weighted by atomic mass is 9.95. The Kier molecular flexibility index (Phi) is 4.70. The Morgan fingerprint density at radius 2 is 2.16 bits per heavy atom. The van der Waals surface area contributed by atoms with Crippen LogP contribution in [0, 0.1) is 0 Å². The Hall–Kier alpha value is -2.89. The molecule has 6 nitrogen and oxygen atoms in total. The van der Waals surface area contributed by atoms with Crippen LogP contribution in [0.25, 0.3) is 0 Å². The first-order valence-corrected chi connectivity index (χ1v) is 8.42. The van der Waals surface area contributed by atoms with Crippen molar-refractivity contribution in [3.63, 3.8) is 0 Å². The molecule has 0 fully saturated rings. The van der Waals surface area contributed by atoms with E-state index in [0.29, 0.717) is 17.8 Å². The molecule has 0 unspecified atom stereocenters. The van der Waals surface area contributed by atoms with Crippen molar-refractivity contribution in [1.82, 2.24) is 9.78 Å². The van der Waals surface area contributed by atoms with E-state index < -0.39 is 0 Å². The fourth-order valence-electron chi connectivity index (χ4n) is 3.06. The van der Waals surface area contributed by atoms with Crippen LogP contribution in [0.4, 0.5) is 11.4 Å². The Balaban J connectivity index is 1.88. The summed E-state index contributed by atoms with van der Waals surface area (Å²) in [5, 5.41) is 7.13. The summed E-state index contributed by atoms with van der Waals surface area (Å²) in [6.45, 7) is 8.25. The fourth-order valence-corrected chi connectivity index (χ4v) is 3.06. The van der Waals surface area contributed by atoms with Gasteiger partial charge in [0.2, 0.25) is 5.91 Å². The zero-order valence-electron chi connectivity index (χ0n) is 14.5. The zero-order chi connectivity index (χ0) is 18.0. The molecule has 130 valence electrons. The van der Waals surface area contributed by atoms with E-state index in [2.05, 4.69) is 17.0 Å². The number of carbonyl (C=O) groups excluding carboxylic acids is 2. The Morgan fingerprint density at radius 1 is 1.36 bits per heavy atom. The molecule has 2 heterocycles. The highest BCUT2D eigenvalue weighted by atomic mass is 16.2. The largest absolute Gasteiger partial charge is 0.319 e. The number of benzene rings is 1. The van der Waals surface area contributed by atoms with Crippen LogP contribution >= 0.6 is 0 Å². The van der Waals surface area contributed by atoms with Gasteiger partial charge in [0.05, 0.1) is 11.9 Å². The molecule has 2 aromatic rings. The summed E-state index contributed by atoms with van der Waals surface area (Å²) in [5.74, 6) is -0.329. The first kappa shape index (κ1) is 17.0. The molecule has 0 spiro atoms. The van der Waals surface area contributed by atoms with Crippen LogP contribution in [0.1, 0.15) is 42.2 Å². The standard InChI is InChI=1S/C19H22N4O2/c1-4-18(24)22-10-6-8-15-16(7-5-9-17(15)22)19(25)21-14-11-20-23(12-14)13(2)3/h4-5,7,9,11-13H,1,6,8,10H2,2-3H3,(H,21,25). The molecule has 0 radical (unpaired) electrons. The minimum Gasteiger partial charge on any atom is -0.319 e. The number of aromatic nitrogens is 2.